The molecule has 4 amide bonds. The first kappa shape index (κ1) is 38.7. The van der Waals surface area contributed by atoms with E-state index in [9.17, 15) is 24.3 Å². The summed E-state index contributed by atoms with van der Waals surface area (Å²) < 4.78 is 0. The molecule has 0 aromatic heterocycles. The molecule has 0 bridgehead atoms. The Labute approximate surface area is 351 Å². The largest absolute Gasteiger partial charge is 0.508 e. The van der Waals surface area contributed by atoms with Gasteiger partial charge >= 0.3 is 0 Å². The number of anilines is 1. The third-order valence-electron chi connectivity index (χ3n) is 14.6. The first-order valence-corrected chi connectivity index (χ1v) is 22.0. The van der Waals surface area contributed by atoms with E-state index in [-0.39, 0.29) is 36.0 Å². The summed E-state index contributed by atoms with van der Waals surface area (Å²) in [6.45, 7) is 5.12. The highest BCUT2D eigenvalue weighted by Crippen LogP contribution is 2.47. The number of aromatic hydroxyl groups is 1. The molecular formula is C49H54N6O5. The van der Waals surface area contributed by atoms with E-state index in [1.165, 1.54) is 27.9 Å². The van der Waals surface area contributed by atoms with Gasteiger partial charge in [0.1, 0.15) is 11.8 Å². The number of piperidine rings is 3. The molecule has 310 valence electrons. The van der Waals surface area contributed by atoms with E-state index in [4.69, 9.17) is 0 Å². The minimum absolute atomic E-state index is 0.0116. The number of fused-ring (bicyclic) bond motifs is 3. The number of hydrogen-bond donors (Lipinski definition) is 2. The van der Waals surface area contributed by atoms with Crippen LogP contribution >= 0.6 is 0 Å². The van der Waals surface area contributed by atoms with Crippen LogP contribution in [0.3, 0.4) is 0 Å². The van der Waals surface area contributed by atoms with Crippen LogP contribution in [0.4, 0.5) is 5.69 Å². The zero-order valence-electron chi connectivity index (χ0n) is 34.4. The fourth-order valence-corrected chi connectivity index (χ4v) is 11.2. The number of hydrogen-bond acceptors (Lipinski definition) is 8. The number of benzene rings is 4. The Balaban J connectivity index is 0.716. The molecule has 10 rings (SSSR count). The molecule has 5 heterocycles. The molecule has 0 radical (unpaired) electrons. The van der Waals surface area contributed by atoms with Crippen LogP contribution in [0.15, 0.2) is 84.9 Å². The molecule has 60 heavy (non-hydrogen) atoms. The van der Waals surface area contributed by atoms with Crippen LogP contribution in [0.2, 0.25) is 0 Å². The van der Waals surface area contributed by atoms with Crippen LogP contribution in [0.25, 0.3) is 0 Å². The lowest BCUT2D eigenvalue weighted by molar-refractivity contribution is -0.141. The zero-order chi connectivity index (χ0) is 41.1. The van der Waals surface area contributed by atoms with E-state index >= 15 is 0 Å². The fourth-order valence-electron chi connectivity index (χ4n) is 11.2. The summed E-state index contributed by atoms with van der Waals surface area (Å²) in [5.41, 5.74) is 10.1. The topological polar surface area (TPSA) is 117 Å². The number of phenols is 1. The molecule has 4 aromatic carbocycles. The lowest BCUT2D eigenvalue weighted by Crippen LogP contribution is -2.53. The van der Waals surface area contributed by atoms with Gasteiger partial charge in [0, 0.05) is 88.4 Å². The molecule has 4 aromatic rings. The zero-order valence-corrected chi connectivity index (χ0v) is 34.4. The second-order valence-electron chi connectivity index (χ2n) is 17.9. The van der Waals surface area contributed by atoms with Crippen molar-refractivity contribution in [2.75, 3.05) is 38.1 Å². The maximum atomic E-state index is 13.8. The van der Waals surface area contributed by atoms with Crippen molar-refractivity contribution in [3.63, 3.8) is 0 Å². The van der Waals surface area contributed by atoms with Gasteiger partial charge < -0.3 is 19.8 Å². The van der Waals surface area contributed by atoms with Gasteiger partial charge in [-0.2, -0.15) is 0 Å². The van der Waals surface area contributed by atoms with E-state index in [2.05, 4.69) is 87.9 Å². The number of amides is 4. The predicted molar refractivity (Wildman–Crippen MR) is 228 cm³/mol. The molecule has 3 atom stereocenters. The fraction of sp³-hybridized carbons (Fsp3) is 0.429. The highest BCUT2D eigenvalue weighted by atomic mass is 16.3. The van der Waals surface area contributed by atoms with Gasteiger partial charge in [0.15, 0.2) is 0 Å². The lowest BCUT2D eigenvalue weighted by Gasteiger charge is -2.45. The highest BCUT2D eigenvalue weighted by Gasteiger charge is 2.41. The minimum atomic E-state index is -0.629. The molecule has 3 saturated heterocycles. The first-order valence-electron chi connectivity index (χ1n) is 22.0. The maximum Gasteiger partial charge on any atom is 0.255 e. The summed E-state index contributed by atoms with van der Waals surface area (Å²) in [7, 11) is 2.22. The van der Waals surface area contributed by atoms with Gasteiger partial charge in [-0.15, -0.1) is 0 Å². The Kier molecular flexibility index (Phi) is 10.2. The van der Waals surface area contributed by atoms with Crippen LogP contribution in [0.5, 0.6) is 5.75 Å². The second-order valence-corrected chi connectivity index (χ2v) is 17.9. The number of hydrazine groups is 1. The van der Waals surface area contributed by atoms with Crippen molar-refractivity contribution in [1.82, 2.24) is 25.1 Å². The maximum absolute atomic E-state index is 13.8. The van der Waals surface area contributed by atoms with Crippen LogP contribution in [0.1, 0.15) is 106 Å². The standard InChI is InChI=1S/C49H54N6O5/c1-51(38-19-21-52(22-20-38)39-10-7-32(8-11-39)46-41(31-5-3-2-4-6-31)13-9-34-26-40(56)12-14-42(34)46)54-23-17-33(18-24-54)48(59)53-28-35-25-37-30-55(44-15-16-45(57)50-47(44)58)49(60)43(37)27-36(35)29-53/h2-8,10-12,14,25-27,33,38,41,44,46,56H,9,13,15-24,28-30H2,1H3,(H,50,57,58)/t41-,44?,46+/m1/s1. The lowest BCUT2D eigenvalue weighted by atomic mass is 9.69. The van der Waals surface area contributed by atoms with E-state index in [0.717, 1.165) is 81.4 Å². The normalized spacial score (nSPS) is 23.8. The number of nitrogens with zero attached hydrogens (tertiary/aromatic N) is 5. The number of carbonyl (C=O) groups excluding carboxylic acids is 4. The van der Waals surface area contributed by atoms with Gasteiger partial charge in [0.2, 0.25) is 17.7 Å². The summed E-state index contributed by atoms with van der Waals surface area (Å²) in [4.78, 5) is 57.4. The van der Waals surface area contributed by atoms with E-state index < -0.39 is 11.9 Å². The molecule has 5 aliphatic heterocycles. The molecule has 6 aliphatic rings. The molecule has 3 fully saturated rings. The number of rotatable bonds is 7. The third-order valence-corrected chi connectivity index (χ3v) is 14.6. The van der Waals surface area contributed by atoms with Gasteiger partial charge in [-0.1, -0.05) is 54.6 Å². The van der Waals surface area contributed by atoms with Crippen molar-refractivity contribution in [2.45, 2.75) is 94.9 Å². The average molecular weight is 807 g/mol. The number of aryl methyl sites for hydroxylation is 1. The predicted octanol–water partition coefficient (Wildman–Crippen LogP) is 6.09. The van der Waals surface area contributed by atoms with Crippen molar-refractivity contribution >= 4 is 29.3 Å². The van der Waals surface area contributed by atoms with Crippen molar-refractivity contribution in [3.05, 3.63) is 129 Å². The SMILES string of the molecule is CN(C1CCN(c2ccc([C@@H]3c4ccc(O)cc4CC[C@@H]3c3ccccc3)cc2)CC1)N1CCC(C(=O)N2Cc3cc4c(cc3C2)C(=O)N(C2CCC(=O)NC2=O)C4)CC1. The van der Waals surface area contributed by atoms with Gasteiger partial charge in [-0.25, -0.2) is 10.0 Å². The molecule has 11 heteroatoms. The first-order chi connectivity index (χ1) is 29.2. The summed E-state index contributed by atoms with van der Waals surface area (Å²) in [6, 6.07) is 29.9. The van der Waals surface area contributed by atoms with Crippen molar-refractivity contribution in [3.8, 4) is 5.75 Å². The average Bonchev–Trinajstić information content (AvgIpc) is 3.84. The number of imide groups is 1. The Morgan fingerprint density at radius 1 is 0.717 bits per heavy atom. The summed E-state index contributed by atoms with van der Waals surface area (Å²) in [6.07, 6.45) is 6.42. The van der Waals surface area contributed by atoms with E-state index in [0.29, 0.717) is 49.3 Å². The Morgan fingerprint density at radius 3 is 2.18 bits per heavy atom. The van der Waals surface area contributed by atoms with Crippen molar-refractivity contribution < 1.29 is 24.3 Å². The molecule has 2 N–H and O–H groups in total. The third kappa shape index (κ3) is 7.15. The Bertz CT molecular complexity index is 2320. The van der Waals surface area contributed by atoms with E-state index in [1.54, 1.807) is 4.90 Å². The number of phenolic OH excluding ortho intramolecular Hbond substituents is 1. The Hall–Kier alpha value is -5.52. The quantitative estimate of drug-likeness (QED) is 0.216. The molecule has 0 spiro atoms. The minimum Gasteiger partial charge on any atom is -0.508 e. The molecule has 0 saturated carbocycles. The molecule has 1 unspecified atom stereocenters. The Morgan fingerprint density at radius 2 is 1.45 bits per heavy atom. The smallest absolute Gasteiger partial charge is 0.255 e. The summed E-state index contributed by atoms with van der Waals surface area (Å²) in [5.74, 6) is 0.290. The molecular weight excluding hydrogens is 753 g/mol. The summed E-state index contributed by atoms with van der Waals surface area (Å²) >= 11 is 0. The monoisotopic (exact) mass is 806 g/mol. The highest BCUT2D eigenvalue weighted by molar-refractivity contribution is 6.05. The van der Waals surface area contributed by atoms with Gasteiger partial charge in [-0.3, -0.25) is 24.5 Å². The van der Waals surface area contributed by atoms with E-state index in [1.807, 2.05) is 29.2 Å². The van der Waals surface area contributed by atoms with Crippen molar-refractivity contribution in [1.29, 1.82) is 0 Å². The van der Waals surface area contributed by atoms with Crippen LogP contribution in [-0.4, -0.2) is 93.9 Å². The van der Waals surface area contributed by atoms with Crippen molar-refractivity contribution in [2.24, 2.45) is 5.92 Å². The van der Waals surface area contributed by atoms with Crippen LogP contribution in [-0.2, 0) is 40.4 Å². The molecule has 1 aliphatic carbocycles. The van der Waals surface area contributed by atoms with Gasteiger partial charge in [0.05, 0.1) is 0 Å². The summed E-state index contributed by atoms with van der Waals surface area (Å²) in [5, 5.41) is 17.5. The number of carbonyl (C=O) groups is 4. The van der Waals surface area contributed by atoms with Gasteiger partial charge in [-0.05, 0) is 120 Å². The number of nitrogens with one attached hydrogen (secondary N) is 1. The molecule has 11 nitrogen and oxygen atoms in total. The van der Waals surface area contributed by atoms with Gasteiger partial charge in [0.25, 0.3) is 5.91 Å². The second kappa shape index (κ2) is 15.8. The van der Waals surface area contributed by atoms with Crippen LogP contribution < -0.4 is 10.2 Å². The van der Waals surface area contributed by atoms with Crippen LogP contribution in [0, 0.1) is 5.92 Å².